The van der Waals surface area contributed by atoms with Gasteiger partial charge < -0.3 is 15.5 Å². The van der Waals surface area contributed by atoms with E-state index in [1.807, 2.05) is 4.90 Å². The smallest absolute Gasteiger partial charge is 0.317 e. The van der Waals surface area contributed by atoms with Gasteiger partial charge in [0.2, 0.25) is 0 Å². The third-order valence-electron chi connectivity index (χ3n) is 2.54. The predicted molar refractivity (Wildman–Crippen MR) is 57.3 cm³/mol. The zero-order chi connectivity index (χ0) is 10.4. The molecule has 2 amide bonds. The van der Waals surface area contributed by atoms with E-state index in [9.17, 15) is 4.79 Å². The molecule has 14 heavy (non-hydrogen) atoms. The standard InChI is InChI=1S/C10H21N3O/c1-3-4-9(2)11-5-7-13-8-6-12-10(13)14/h9,11H,3-8H2,1-2H3,(H,12,14). The molecule has 1 aliphatic rings. The molecule has 0 aromatic rings. The lowest BCUT2D eigenvalue weighted by Crippen LogP contribution is -2.37. The number of carbonyl (C=O) groups excluding carboxylic acids is 1. The number of amides is 2. The first-order valence-electron chi connectivity index (χ1n) is 5.50. The Labute approximate surface area is 86.0 Å². The first kappa shape index (κ1) is 11.3. The Morgan fingerprint density at radius 1 is 1.64 bits per heavy atom. The average molecular weight is 199 g/mol. The highest BCUT2D eigenvalue weighted by atomic mass is 16.2. The van der Waals surface area contributed by atoms with Crippen LogP contribution in [0.15, 0.2) is 0 Å². The Hall–Kier alpha value is -0.770. The van der Waals surface area contributed by atoms with Crippen molar-refractivity contribution in [3.8, 4) is 0 Å². The van der Waals surface area contributed by atoms with Crippen LogP contribution in [0.4, 0.5) is 4.79 Å². The van der Waals surface area contributed by atoms with Crippen LogP contribution >= 0.6 is 0 Å². The molecular formula is C10H21N3O. The van der Waals surface area contributed by atoms with Crippen molar-refractivity contribution in [2.75, 3.05) is 26.2 Å². The van der Waals surface area contributed by atoms with E-state index in [4.69, 9.17) is 0 Å². The highest BCUT2D eigenvalue weighted by molar-refractivity contribution is 5.76. The number of hydrogen-bond donors (Lipinski definition) is 2. The highest BCUT2D eigenvalue weighted by Crippen LogP contribution is 1.97. The van der Waals surface area contributed by atoms with Crippen LogP contribution in [0.25, 0.3) is 0 Å². The van der Waals surface area contributed by atoms with Gasteiger partial charge in [-0.05, 0) is 13.3 Å². The second kappa shape index (κ2) is 5.86. The summed E-state index contributed by atoms with van der Waals surface area (Å²) < 4.78 is 0. The lowest BCUT2D eigenvalue weighted by Gasteiger charge is -2.17. The van der Waals surface area contributed by atoms with Crippen molar-refractivity contribution in [1.82, 2.24) is 15.5 Å². The van der Waals surface area contributed by atoms with E-state index < -0.39 is 0 Å². The van der Waals surface area contributed by atoms with Gasteiger partial charge in [0.1, 0.15) is 0 Å². The number of hydrogen-bond acceptors (Lipinski definition) is 2. The maximum absolute atomic E-state index is 11.2. The SMILES string of the molecule is CCCC(C)NCCN1CCNC1=O. The lowest BCUT2D eigenvalue weighted by molar-refractivity contribution is 0.217. The molecule has 0 bridgehead atoms. The Morgan fingerprint density at radius 3 is 3.00 bits per heavy atom. The van der Waals surface area contributed by atoms with Gasteiger partial charge >= 0.3 is 6.03 Å². The summed E-state index contributed by atoms with van der Waals surface area (Å²) in [5.74, 6) is 0. The zero-order valence-corrected chi connectivity index (χ0v) is 9.18. The number of nitrogens with one attached hydrogen (secondary N) is 2. The minimum atomic E-state index is 0.0787. The van der Waals surface area contributed by atoms with Crippen LogP contribution in [0.1, 0.15) is 26.7 Å². The van der Waals surface area contributed by atoms with Gasteiger partial charge in [-0.15, -0.1) is 0 Å². The number of urea groups is 1. The third kappa shape index (κ3) is 3.54. The normalized spacial score (nSPS) is 18.4. The van der Waals surface area contributed by atoms with E-state index in [2.05, 4.69) is 24.5 Å². The predicted octanol–water partition coefficient (Wildman–Crippen LogP) is 0.790. The molecule has 0 aromatic heterocycles. The quantitative estimate of drug-likeness (QED) is 0.664. The summed E-state index contributed by atoms with van der Waals surface area (Å²) in [5, 5.41) is 6.20. The molecule has 1 unspecified atom stereocenters. The molecule has 1 heterocycles. The van der Waals surface area contributed by atoms with Crippen LogP contribution in [-0.4, -0.2) is 43.2 Å². The molecule has 0 radical (unpaired) electrons. The molecule has 1 saturated heterocycles. The van der Waals surface area contributed by atoms with Crippen molar-refractivity contribution in [1.29, 1.82) is 0 Å². The third-order valence-corrected chi connectivity index (χ3v) is 2.54. The Kier molecular flexibility index (Phi) is 4.73. The lowest BCUT2D eigenvalue weighted by atomic mass is 10.2. The first-order chi connectivity index (χ1) is 6.74. The molecule has 0 aromatic carbocycles. The monoisotopic (exact) mass is 199 g/mol. The summed E-state index contributed by atoms with van der Waals surface area (Å²) in [6.45, 7) is 7.74. The molecule has 0 spiro atoms. The summed E-state index contributed by atoms with van der Waals surface area (Å²) in [5.41, 5.74) is 0. The fraction of sp³-hybridized carbons (Fsp3) is 0.900. The van der Waals surface area contributed by atoms with Gasteiger partial charge in [-0.2, -0.15) is 0 Å². The first-order valence-corrected chi connectivity index (χ1v) is 5.50. The minimum absolute atomic E-state index is 0.0787. The van der Waals surface area contributed by atoms with Crippen molar-refractivity contribution in [2.24, 2.45) is 0 Å². The van der Waals surface area contributed by atoms with Crippen molar-refractivity contribution in [3.05, 3.63) is 0 Å². The van der Waals surface area contributed by atoms with Crippen LogP contribution in [0.2, 0.25) is 0 Å². The van der Waals surface area contributed by atoms with Crippen LogP contribution in [0, 0.1) is 0 Å². The van der Waals surface area contributed by atoms with E-state index in [0.29, 0.717) is 6.04 Å². The molecule has 82 valence electrons. The van der Waals surface area contributed by atoms with Gasteiger partial charge in [-0.3, -0.25) is 0 Å². The van der Waals surface area contributed by atoms with Gasteiger partial charge in [0, 0.05) is 32.2 Å². The van der Waals surface area contributed by atoms with Crippen LogP contribution in [0.3, 0.4) is 0 Å². The second-order valence-electron chi connectivity index (χ2n) is 3.86. The summed E-state index contributed by atoms with van der Waals surface area (Å²) in [6.07, 6.45) is 2.41. The Bertz CT molecular complexity index is 184. The number of rotatable bonds is 6. The molecule has 0 saturated carbocycles. The Balaban J connectivity index is 2.05. The van der Waals surface area contributed by atoms with Gasteiger partial charge in [-0.25, -0.2) is 4.79 Å². The topological polar surface area (TPSA) is 44.4 Å². The molecule has 2 N–H and O–H groups in total. The van der Waals surface area contributed by atoms with Crippen molar-refractivity contribution >= 4 is 6.03 Å². The highest BCUT2D eigenvalue weighted by Gasteiger charge is 2.18. The van der Waals surface area contributed by atoms with Crippen molar-refractivity contribution in [3.63, 3.8) is 0 Å². The molecule has 1 aliphatic heterocycles. The van der Waals surface area contributed by atoms with E-state index >= 15 is 0 Å². The van der Waals surface area contributed by atoms with Crippen molar-refractivity contribution < 1.29 is 4.79 Å². The van der Waals surface area contributed by atoms with Crippen LogP contribution in [-0.2, 0) is 0 Å². The van der Waals surface area contributed by atoms with Gasteiger partial charge in [0.25, 0.3) is 0 Å². The molecule has 4 nitrogen and oxygen atoms in total. The molecule has 1 atom stereocenters. The minimum Gasteiger partial charge on any atom is -0.336 e. The van der Waals surface area contributed by atoms with Crippen molar-refractivity contribution in [2.45, 2.75) is 32.7 Å². The van der Waals surface area contributed by atoms with Gasteiger partial charge in [-0.1, -0.05) is 13.3 Å². The second-order valence-corrected chi connectivity index (χ2v) is 3.86. The fourth-order valence-corrected chi connectivity index (χ4v) is 1.71. The summed E-state index contributed by atoms with van der Waals surface area (Å²) >= 11 is 0. The molecule has 0 aliphatic carbocycles. The summed E-state index contributed by atoms with van der Waals surface area (Å²) in [6, 6.07) is 0.639. The summed E-state index contributed by atoms with van der Waals surface area (Å²) in [7, 11) is 0. The number of nitrogens with zero attached hydrogens (tertiary/aromatic N) is 1. The molecule has 1 rings (SSSR count). The maximum atomic E-state index is 11.2. The molecule has 1 fully saturated rings. The van der Waals surface area contributed by atoms with E-state index in [0.717, 1.165) is 26.2 Å². The van der Waals surface area contributed by atoms with Gasteiger partial charge in [0.15, 0.2) is 0 Å². The fourth-order valence-electron chi connectivity index (χ4n) is 1.71. The van der Waals surface area contributed by atoms with Crippen LogP contribution < -0.4 is 10.6 Å². The van der Waals surface area contributed by atoms with E-state index in [1.54, 1.807) is 0 Å². The van der Waals surface area contributed by atoms with E-state index in [-0.39, 0.29) is 6.03 Å². The van der Waals surface area contributed by atoms with E-state index in [1.165, 1.54) is 12.8 Å². The maximum Gasteiger partial charge on any atom is 0.317 e. The van der Waals surface area contributed by atoms with Crippen LogP contribution in [0.5, 0.6) is 0 Å². The zero-order valence-electron chi connectivity index (χ0n) is 9.18. The summed E-state index contributed by atoms with van der Waals surface area (Å²) in [4.78, 5) is 13.0. The largest absolute Gasteiger partial charge is 0.336 e. The number of carbonyl (C=O) groups is 1. The average Bonchev–Trinajstić information content (AvgIpc) is 2.52. The van der Waals surface area contributed by atoms with Gasteiger partial charge in [0.05, 0.1) is 0 Å². The Morgan fingerprint density at radius 2 is 2.43 bits per heavy atom. The molecular weight excluding hydrogens is 178 g/mol. The molecule has 4 heteroatoms.